The first-order valence-corrected chi connectivity index (χ1v) is 4.25. The van der Waals surface area contributed by atoms with Gasteiger partial charge in [-0.2, -0.15) is 0 Å². The molecule has 1 N–H and O–H groups in total. The zero-order valence-electron chi connectivity index (χ0n) is 7.17. The molecular weight excluding hydrogens is 148 g/mol. The van der Waals surface area contributed by atoms with Crippen LogP contribution in [0.4, 0.5) is 0 Å². The fraction of sp³-hybridized carbons (Fsp3) is 0.273. The van der Waals surface area contributed by atoms with Crippen LogP contribution in [0.2, 0.25) is 0 Å². The molecule has 1 aliphatic rings. The van der Waals surface area contributed by atoms with Gasteiger partial charge in [-0.05, 0) is 36.1 Å². The highest BCUT2D eigenvalue weighted by Crippen LogP contribution is 2.24. The number of aryl methyl sites for hydroxylation is 2. The molecule has 12 heavy (non-hydrogen) atoms. The first kappa shape index (κ1) is 7.41. The Morgan fingerprint density at radius 2 is 2.08 bits per heavy atom. The van der Waals surface area contributed by atoms with Crippen molar-refractivity contribution in [1.82, 2.24) is 0 Å². The van der Waals surface area contributed by atoms with E-state index in [0.29, 0.717) is 5.76 Å². The molecule has 0 aromatic heterocycles. The lowest BCUT2D eigenvalue weighted by atomic mass is 9.93. The number of hydrogen-bond acceptors (Lipinski definition) is 1. The van der Waals surface area contributed by atoms with Gasteiger partial charge in [0.05, 0.1) is 5.76 Å². The summed E-state index contributed by atoms with van der Waals surface area (Å²) in [6.07, 6.45) is 3.64. The monoisotopic (exact) mass is 160 g/mol. The highest BCUT2D eigenvalue weighted by molar-refractivity contribution is 5.61. The molecule has 1 nitrogen and oxygen atoms in total. The molecule has 0 fully saturated rings. The van der Waals surface area contributed by atoms with Crippen molar-refractivity contribution in [3.8, 4) is 0 Å². The third-order valence-electron chi connectivity index (χ3n) is 2.38. The van der Waals surface area contributed by atoms with Crippen molar-refractivity contribution in [2.45, 2.75) is 19.8 Å². The molecule has 0 atom stereocenters. The predicted molar refractivity (Wildman–Crippen MR) is 50.1 cm³/mol. The average Bonchev–Trinajstić information content (AvgIpc) is 2.07. The van der Waals surface area contributed by atoms with Gasteiger partial charge in [0.2, 0.25) is 0 Å². The van der Waals surface area contributed by atoms with E-state index >= 15 is 0 Å². The molecule has 0 saturated carbocycles. The van der Waals surface area contributed by atoms with Crippen LogP contribution in [0.15, 0.2) is 24.0 Å². The Balaban J connectivity index is 2.59. The number of aliphatic hydroxyl groups excluding tert-OH is 1. The largest absolute Gasteiger partial charge is 0.512 e. The minimum Gasteiger partial charge on any atom is -0.512 e. The molecule has 0 amide bonds. The van der Waals surface area contributed by atoms with Crippen molar-refractivity contribution in [3.05, 3.63) is 40.6 Å². The van der Waals surface area contributed by atoms with E-state index in [-0.39, 0.29) is 0 Å². The molecule has 0 saturated heterocycles. The lowest BCUT2D eigenvalue weighted by Crippen LogP contribution is -2.00. The predicted octanol–water partition coefficient (Wildman–Crippen LogP) is 2.84. The Kier molecular flexibility index (Phi) is 1.65. The summed E-state index contributed by atoms with van der Waals surface area (Å²) in [6.45, 7) is 2.08. The van der Waals surface area contributed by atoms with Gasteiger partial charge in [-0.1, -0.05) is 18.2 Å². The Morgan fingerprint density at radius 1 is 1.25 bits per heavy atom. The van der Waals surface area contributed by atoms with Crippen molar-refractivity contribution in [2.75, 3.05) is 0 Å². The lowest BCUT2D eigenvalue weighted by Gasteiger charge is -2.14. The van der Waals surface area contributed by atoms with E-state index in [1.165, 1.54) is 16.7 Å². The first-order chi connectivity index (χ1) is 5.77. The number of hydrogen-bond donors (Lipinski definition) is 1. The third kappa shape index (κ3) is 1.11. The fourth-order valence-electron chi connectivity index (χ4n) is 1.67. The molecule has 0 unspecified atom stereocenters. The van der Waals surface area contributed by atoms with Gasteiger partial charge < -0.3 is 5.11 Å². The Hall–Kier alpha value is -1.24. The summed E-state index contributed by atoms with van der Waals surface area (Å²) in [7, 11) is 0. The van der Waals surface area contributed by atoms with Crippen LogP contribution in [0, 0.1) is 6.92 Å². The van der Waals surface area contributed by atoms with Crippen molar-refractivity contribution in [1.29, 1.82) is 0 Å². The molecule has 1 aromatic rings. The van der Waals surface area contributed by atoms with Crippen LogP contribution in [0.5, 0.6) is 0 Å². The second kappa shape index (κ2) is 2.67. The molecule has 62 valence electrons. The van der Waals surface area contributed by atoms with Gasteiger partial charge in [-0.3, -0.25) is 0 Å². The molecule has 1 aliphatic carbocycles. The van der Waals surface area contributed by atoms with E-state index < -0.39 is 0 Å². The molecule has 0 aliphatic heterocycles. The molecule has 1 aromatic carbocycles. The molecule has 1 heteroatoms. The topological polar surface area (TPSA) is 20.2 Å². The first-order valence-electron chi connectivity index (χ1n) is 4.25. The van der Waals surface area contributed by atoms with Crippen LogP contribution >= 0.6 is 0 Å². The Bertz CT molecular complexity index is 337. The van der Waals surface area contributed by atoms with Gasteiger partial charge in [-0.15, -0.1) is 0 Å². The van der Waals surface area contributed by atoms with Crippen molar-refractivity contribution >= 4 is 6.08 Å². The lowest BCUT2D eigenvalue weighted by molar-refractivity contribution is 0.391. The van der Waals surface area contributed by atoms with E-state index in [2.05, 4.69) is 25.1 Å². The maximum atomic E-state index is 9.34. The molecule has 0 heterocycles. The van der Waals surface area contributed by atoms with Crippen LogP contribution in [-0.4, -0.2) is 5.11 Å². The summed E-state index contributed by atoms with van der Waals surface area (Å²) in [6, 6.07) is 6.28. The quantitative estimate of drug-likeness (QED) is 0.618. The van der Waals surface area contributed by atoms with E-state index in [0.717, 1.165) is 12.8 Å². The third-order valence-corrected chi connectivity index (χ3v) is 2.38. The number of fused-ring (bicyclic) bond motifs is 1. The molecule has 2 rings (SSSR count). The minimum atomic E-state index is 0.511. The second-order valence-electron chi connectivity index (χ2n) is 3.28. The Morgan fingerprint density at radius 3 is 2.92 bits per heavy atom. The normalized spacial score (nSPS) is 15.2. The van der Waals surface area contributed by atoms with Gasteiger partial charge >= 0.3 is 0 Å². The zero-order chi connectivity index (χ0) is 8.55. The van der Waals surface area contributed by atoms with Crippen molar-refractivity contribution < 1.29 is 5.11 Å². The van der Waals surface area contributed by atoms with E-state index in [1.807, 2.05) is 6.08 Å². The second-order valence-corrected chi connectivity index (χ2v) is 3.28. The molecule has 0 radical (unpaired) electrons. The molecule has 0 bridgehead atoms. The van der Waals surface area contributed by atoms with E-state index in [4.69, 9.17) is 0 Å². The molecule has 0 spiro atoms. The number of rotatable bonds is 0. The summed E-state index contributed by atoms with van der Waals surface area (Å²) in [4.78, 5) is 0. The summed E-state index contributed by atoms with van der Waals surface area (Å²) in [5.74, 6) is 0.511. The summed E-state index contributed by atoms with van der Waals surface area (Å²) >= 11 is 0. The summed E-state index contributed by atoms with van der Waals surface area (Å²) < 4.78 is 0. The van der Waals surface area contributed by atoms with Gasteiger partial charge in [-0.25, -0.2) is 0 Å². The van der Waals surface area contributed by atoms with Crippen molar-refractivity contribution in [2.24, 2.45) is 0 Å². The van der Waals surface area contributed by atoms with Gasteiger partial charge in [0, 0.05) is 6.42 Å². The Labute approximate surface area is 72.4 Å². The molecular formula is C11H12O. The van der Waals surface area contributed by atoms with E-state index in [1.54, 1.807) is 0 Å². The maximum Gasteiger partial charge on any atom is 0.0932 e. The zero-order valence-corrected chi connectivity index (χ0v) is 7.17. The van der Waals surface area contributed by atoms with Gasteiger partial charge in [0.1, 0.15) is 0 Å². The van der Waals surface area contributed by atoms with E-state index in [9.17, 15) is 5.11 Å². The van der Waals surface area contributed by atoms with Crippen molar-refractivity contribution in [3.63, 3.8) is 0 Å². The van der Waals surface area contributed by atoms with Gasteiger partial charge in [0.25, 0.3) is 0 Å². The summed E-state index contributed by atoms with van der Waals surface area (Å²) in [5.41, 5.74) is 3.81. The minimum absolute atomic E-state index is 0.511. The number of benzene rings is 1. The fourth-order valence-corrected chi connectivity index (χ4v) is 1.67. The van der Waals surface area contributed by atoms with Crippen LogP contribution in [0.1, 0.15) is 23.1 Å². The highest BCUT2D eigenvalue weighted by atomic mass is 16.3. The smallest absolute Gasteiger partial charge is 0.0932 e. The summed E-state index contributed by atoms with van der Waals surface area (Å²) in [5, 5.41) is 9.34. The van der Waals surface area contributed by atoms with Crippen LogP contribution in [0.25, 0.3) is 6.08 Å². The average molecular weight is 160 g/mol. The standard InChI is InChI=1S/C11H12O/c1-8-3-2-4-9-5-6-10(12)7-11(8)9/h2-4,7,12H,5-6H2,1H3. The van der Waals surface area contributed by atoms with Crippen LogP contribution in [0.3, 0.4) is 0 Å². The van der Waals surface area contributed by atoms with Crippen LogP contribution in [-0.2, 0) is 6.42 Å². The van der Waals surface area contributed by atoms with Gasteiger partial charge in [0.15, 0.2) is 0 Å². The number of aliphatic hydroxyl groups is 1. The highest BCUT2D eigenvalue weighted by Gasteiger charge is 2.09. The number of allylic oxidation sites excluding steroid dienone is 1. The van der Waals surface area contributed by atoms with Crippen LogP contribution < -0.4 is 0 Å². The SMILES string of the molecule is Cc1cccc2c1C=C(O)CC2. The maximum absolute atomic E-state index is 9.34.